The summed E-state index contributed by atoms with van der Waals surface area (Å²) < 4.78 is 4.50. The monoisotopic (exact) mass is 461 g/mol. The average molecular weight is 462 g/mol. The minimum absolute atomic E-state index is 0.931. The maximum atomic E-state index is 4.75. The van der Waals surface area contributed by atoms with Crippen molar-refractivity contribution in [3.8, 4) is 33.9 Å². The normalized spacial score (nSPS) is 11.3. The van der Waals surface area contributed by atoms with Crippen LogP contribution in [0, 0.1) is 0 Å². The van der Waals surface area contributed by atoms with Crippen LogP contribution in [-0.4, -0.2) is 14.1 Å². The van der Waals surface area contributed by atoms with E-state index in [0.29, 0.717) is 0 Å². The van der Waals surface area contributed by atoms with E-state index in [1.54, 1.807) is 0 Å². The summed E-state index contributed by atoms with van der Waals surface area (Å²) >= 11 is 0. The van der Waals surface area contributed by atoms with E-state index >= 15 is 0 Å². The van der Waals surface area contributed by atoms with Crippen LogP contribution >= 0.6 is 0 Å². The van der Waals surface area contributed by atoms with Crippen molar-refractivity contribution in [2.45, 2.75) is 0 Å². The number of nitrogens with zero attached hydrogens (tertiary/aromatic N) is 3. The fraction of sp³-hybridized carbons (Fsp3) is 0. The van der Waals surface area contributed by atoms with E-state index in [2.05, 4.69) is 130 Å². The lowest BCUT2D eigenvalue weighted by atomic mass is 10.1. The van der Waals surface area contributed by atoms with E-state index < -0.39 is 0 Å². The van der Waals surface area contributed by atoms with E-state index in [9.17, 15) is 0 Å². The van der Waals surface area contributed by atoms with Crippen molar-refractivity contribution in [3.05, 3.63) is 140 Å². The van der Waals surface area contributed by atoms with E-state index in [1.165, 1.54) is 32.9 Å². The van der Waals surface area contributed by atoms with Gasteiger partial charge in [-0.25, -0.2) is 4.98 Å². The number of imidazole rings is 1. The molecule has 3 nitrogen and oxygen atoms in total. The molecule has 0 spiro atoms. The molecule has 0 radical (unpaired) electrons. The topological polar surface area (TPSA) is 22.8 Å². The SMILES string of the molecule is c1ccc(-c2ccc(-n3ccnc3-c3ccc4c(c3)c3ccccc3n4-c3ccccc3)cc2)cc1. The fourth-order valence-electron chi connectivity index (χ4n) is 5.14. The number of aromatic nitrogens is 3. The van der Waals surface area contributed by atoms with Crippen molar-refractivity contribution in [3.63, 3.8) is 0 Å². The Morgan fingerprint density at radius 2 is 1.11 bits per heavy atom. The molecule has 0 saturated carbocycles. The Labute approximate surface area is 209 Å². The Balaban J connectivity index is 1.35. The molecular weight excluding hydrogens is 438 g/mol. The molecule has 0 N–H and O–H groups in total. The van der Waals surface area contributed by atoms with Crippen molar-refractivity contribution >= 4 is 21.8 Å². The van der Waals surface area contributed by atoms with Crippen LogP contribution in [-0.2, 0) is 0 Å². The van der Waals surface area contributed by atoms with Gasteiger partial charge in [0.05, 0.1) is 11.0 Å². The second-order valence-electron chi connectivity index (χ2n) is 8.95. The first-order valence-electron chi connectivity index (χ1n) is 12.1. The maximum absolute atomic E-state index is 4.75. The fourth-order valence-corrected chi connectivity index (χ4v) is 5.14. The van der Waals surface area contributed by atoms with Crippen molar-refractivity contribution < 1.29 is 0 Å². The third-order valence-electron chi connectivity index (χ3n) is 6.84. The summed E-state index contributed by atoms with van der Waals surface area (Å²) in [5.74, 6) is 0.931. The van der Waals surface area contributed by atoms with E-state index in [1.807, 2.05) is 18.5 Å². The number of fused-ring (bicyclic) bond motifs is 3. The highest BCUT2D eigenvalue weighted by molar-refractivity contribution is 6.10. The molecule has 0 bridgehead atoms. The average Bonchev–Trinajstić information content (AvgIpc) is 3.57. The summed E-state index contributed by atoms with van der Waals surface area (Å²) in [5.41, 5.74) is 8.17. The first-order chi connectivity index (χ1) is 17.9. The molecule has 170 valence electrons. The van der Waals surface area contributed by atoms with Crippen LogP contribution in [0.3, 0.4) is 0 Å². The number of para-hydroxylation sites is 2. The molecule has 7 aromatic rings. The summed E-state index contributed by atoms with van der Waals surface area (Å²) in [5, 5.41) is 2.46. The highest BCUT2D eigenvalue weighted by atomic mass is 15.1. The van der Waals surface area contributed by atoms with Crippen LogP contribution in [0.4, 0.5) is 0 Å². The number of hydrogen-bond donors (Lipinski definition) is 0. The lowest BCUT2D eigenvalue weighted by Crippen LogP contribution is -1.97. The zero-order valence-electron chi connectivity index (χ0n) is 19.6. The molecule has 36 heavy (non-hydrogen) atoms. The zero-order chi connectivity index (χ0) is 23.9. The van der Waals surface area contributed by atoms with E-state index in [-0.39, 0.29) is 0 Å². The van der Waals surface area contributed by atoms with Gasteiger partial charge in [0.15, 0.2) is 0 Å². The zero-order valence-corrected chi connectivity index (χ0v) is 19.6. The van der Waals surface area contributed by atoms with Gasteiger partial charge < -0.3 is 4.57 Å². The van der Waals surface area contributed by atoms with E-state index in [4.69, 9.17) is 4.98 Å². The summed E-state index contributed by atoms with van der Waals surface area (Å²) in [6.45, 7) is 0. The van der Waals surface area contributed by atoms with Crippen LogP contribution in [0.2, 0.25) is 0 Å². The second-order valence-corrected chi connectivity index (χ2v) is 8.95. The lowest BCUT2D eigenvalue weighted by molar-refractivity contribution is 1.07. The molecule has 0 amide bonds. The minimum atomic E-state index is 0.931. The van der Waals surface area contributed by atoms with Crippen LogP contribution < -0.4 is 0 Å². The maximum Gasteiger partial charge on any atom is 0.144 e. The van der Waals surface area contributed by atoms with Crippen molar-refractivity contribution in [2.24, 2.45) is 0 Å². The summed E-state index contributed by atoms with van der Waals surface area (Å²) in [7, 11) is 0. The van der Waals surface area contributed by atoms with Gasteiger partial charge in [-0.1, -0.05) is 78.9 Å². The molecule has 2 aromatic heterocycles. The Hall–Kier alpha value is -4.89. The molecule has 5 aromatic carbocycles. The highest BCUT2D eigenvalue weighted by Gasteiger charge is 2.15. The Kier molecular flexibility index (Phi) is 4.78. The van der Waals surface area contributed by atoms with Gasteiger partial charge in [0.1, 0.15) is 5.82 Å². The van der Waals surface area contributed by atoms with Crippen molar-refractivity contribution in [2.75, 3.05) is 0 Å². The molecule has 0 saturated heterocycles. The molecule has 0 atom stereocenters. The third-order valence-corrected chi connectivity index (χ3v) is 6.84. The molecule has 0 unspecified atom stereocenters. The number of rotatable bonds is 4. The molecular formula is C33H23N3. The van der Waals surface area contributed by atoms with Crippen LogP contribution in [0.1, 0.15) is 0 Å². The quantitative estimate of drug-likeness (QED) is 0.258. The number of hydrogen-bond acceptors (Lipinski definition) is 1. The molecule has 0 aliphatic heterocycles. The second kappa shape index (κ2) is 8.40. The highest BCUT2D eigenvalue weighted by Crippen LogP contribution is 2.35. The van der Waals surface area contributed by atoms with Gasteiger partial charge in [0.2, 0.25) is 0 Å². The van der Waals surface area contributed by atoms with Crippen LogP contribution in [0.15, 0.2) is 140 Å². The molecule has 0 aliphatic rings. The lowest BCUT2D eigenvalue weighted by Gasteiger charge is -2.10. The smallest absolute Gasteiger partial charge is 0.144 e. The number of benzene rings is 5. The van der Waals surface area contributed by atoms with Gasteiger partial charge in [-0.15, -0.1) is 0 Å². The summed E-state index contributed by atoms with van der Waals surface area (Å²) in [6.07, 6.45) is 3.90. The van der Waals surface area contributed by atoms with Crippen molar-refractivity contribution in [1.29, 1.82) is 0 Å². The first-order valence-corrected chi connectivity index (χ1v) is 12.1. The molecule has 2 heterocycles. The summed E-state index contributed by atoms with van der Waals surface area (Å²) in [4.78, 5) is 4.75. The molecule has 7 rings (SSSR count). The van der Waals surface area contributed by atoms with Gasteiger partial charge in [-0.2, -0.15) is 0 Å². The molecule has 0 fully saturated rings. The van der Waals surface area contributed by atoms with Gasteiger partial charge in [0, 0.05) is 40.1 Å². The Morgan fingerprint density at radius 1 is 0.472 bits per heavy atom. The van der Waals surface area contributed by atoms with E-state index in [0.717, 1.165) is 22.8 Å². The van der Waals surface area contributed by atoms with Gasteiger partial charge in [-0.05, 0) is 59.7 Å². The molecule has 3 heteroatoms. The Bertz CT molecular complexity index is 1810. The third kappa shape index (κ3) is 3.33. The predicted molar refractivity (Wildman–Crippen MR) is 149 cm³/mol. The minimum Gasteiger partial charge on any atom is -0.309 e. The molecule has 0 aliphatic carbocycles. The predicted octanol–water partition coefficient (Wildman–Crippen LogP) is 8.30. The van der Waals surface area contributed by atoms with Crippen molar-refractivity contribution in [1.82, 2.24) is 14.1 Å². The van der Waals surface area contributed by atoms with Gasteiger partial charge in [0.25, 0.3) is 0 Å². The van der Waals surface area contributed by atoms with Gasteiger partial charge >= 0.3 is 0 Å². The first kappa shape index (κ1) is 20.5. The summed E-state index contributed by atoms with van der Waals surface area (Å²) in [6, 6.07) is 45.0. The van der Waals surface area contributed by atoms with Gasteiger partial charge in [-0.3, -0.25) is 4.57 Å². The van der Waals surface area contributed by atoms with Crippen LogP contribution in [0.5, 0.6) is 0 Å². The van der Waals surface area contributed by atoms with Crippen LogP contribution in [0.25, 0.3) is 55.7 Å². The standard InChI is InChI=1S/C33H23N3/c1-3-9-24(10-4-1)25-15-18-27(19-16-25)35-22-21-34-33(35)26-17-20-32-30(23-26)29-13-7-8-14-31(29)36(32)28-11-5-2-6-12-28/h1-23H. The Morgan fingerprint density at radius 3 is 1.92 bits per heavy atom. The largest absolute Gasteiger partial charge is 0.309 e.